The Hall–Kier alpha value is -1.57. The van der Waals surface area contributed by atoms with Crippen LogP contribution in [0, 0.1) is 11.3 Å². The van der Waals surface area contributed by atoms with Crippen LogP contribution < -0.4 is 5.32 Å². The maximum atomic E-state index is 11.1. The molecule has 0 aromatic carbocycles. The van der Waals surface area contributed by atoms with Crippen LogP contribution in [-0.2, 0) is 9.59 Å². The van der Waals surface area contributed by atoms with Gasteiger partial charge in [0.25, 0.3) is 0 Å². The summed E-state index contributed by atoms with van der Waals surface area (Å²) in [6.07, 6.45) is 0.799. The maximum absolute atomic E-state index is 11.1. The largest absolute Gasteiger partial charge is 0.481 e. The number of hydrogen-bond acceptors (Lipinski definition) is 3. The van der Waals surface area contributed by atoms with Crippen LogP contribution in [0.4, 0.5) is 0 Å². The number of carboxylic acids is 1. The molecule has 0 bridgehead atoms. The molecule has 0 aliphatic carbocycles. The summed E-state index contributed by atoms with van der Waals surface area (Å²) in [5.41, 5.74) is 0. The summed E-state index contributed by atoms with van der Waals surface area (Å²) in [4.78, 5) is 21.2. The SMILES string of the molecule is CC(CC#N)NC(=O)CCCC(=O)O. The van der Waals surface area contributed by atoms with E-state index in [9.17, 15) is 9.59 Å². The number of carbonyl (C=O) groups excluding carboxylic acids is 1. The highest BCUT2D eigenvalue weighted by atomic mass is 16.4. The van der Waals surface area contributed by atoms with Gasteiger partial charge in [-0.25, -0.2) is 0 Å². The van der Waals surface area contributed by atoms with Crippen molar-refractivity contribution in [1.82, 2.24) is 5.32 Å². The van der Waals surface area contributed by atoms with Crippen LogP contribution in [0.15, 0.2) is 0 Å². The molecule has 0 saturated carbocycles. The van der Waals surface area contributed by atoms with E-state index in [2.05, 4.69) is 5.32 Å². The zero-order valence-corrected chi connectivity index (χ0v) is 8.12. The van der Waals surface area contributed by atoms with Crippen LogP contribution in [0.3, 0.4) is 0 Å². The average molecular weight is 198 g/mol. The number of hydrogen-bond donors (Lipinski definition) is 2. The van der Waals surface area contributed by atoms with Crippen molar-refractivity contribution in [2.75, 3.05) is 0 Å². The molecule has 0 aliphatic rings. The molecule has 1 unspecified atom stereocenters. The van der Waals surface area contributed by atoms with E-state index in [0.29, 0.717) is 6.42 Å². The van der Waals surface area contributed by atoms with E-state index in [0.717, 1.165) is 0 Å². The third-order valence-electron chi connectivity index (χ3n) is 1.60. The first-order valence-electron chi connectivity index (χ1n) is 4.44. The molecule has 0 fully saturated rings. The standard InChI is InChI=1S/C9H14N2O3/c1-7(5-6-10)11-8(12)3-2-4-9(13)14/h7H,2-5H2,1H3,(H,11,12)(H,13,14). The minimum Gasteiger partial charge on any atom is -0.481 e. The number of carboxylic acid groups (broad SMARTS) is 1. The summed E-state index contributed by atoms with van der Waals surface area (Å²) in [7, 11) is 0. The molecule has 1 amide bonds. The van der Waals surface area contributed by atoms with Crippen LogP contribution in [0.2, 0.25) is 0 Å². The van der Waals surface area contributed by atoms with E-state index < -0.39 is 5.97 Å². The topological polar surface area (TPSA) is 90.2 Å². The van der Waals surface area contributed by atoms with Gasteiger partial charge in [-0.1, -0.05) is 0 Å². The van der Waals surface area contributed by atoms with Crippen molar-refractivity contribution in [2.24, 2.45) is 0 Å². The molecule has 0 radical (unpaired) electrons. The summed E-state index contributed by atoms with van der Waals surface area (Å²) < 4.78 is 0. The van der Waals surface area contributed by atoms with Crippen molar-refractivity contribution in [1.29, 1.82) is 5.26 Å². The number of amides is 1. The Balaban J connectivity index is 3.56. The quantitative estimate of drug-likeness (QED) is 0.656. The Morgan fingerprint density at radius 2 is 2.14 bits per heavy atom. The van der Waals surface area contributed by atoms with Gasteiger partial charge in [0.05, 0.1) is 12.5 Å². The fourth-order valence-corrected chi connectivity index (χ4v) is 0.935. The van der Waals surface area contributed by atoms with E-state index in [1.165, 1.54) is 0 Å². The van der Waals surface area contributed by atoms with Gasteiger partial charge >= 0.3 is 5.97 Å². The predicted octanol–water partition coefficient (Wildman–Crippen LogP) is 0.660. The lowest BCUT2D eigenvalue weighted by Crippen LogP contribution is -2.32. The summed E-state index contributed by atoms with van der Waals surface area (Å²) in [6, 6.07) is 1.77. The number of nitrogens with one attached hydrogen (secondary N) is 1. The first-order chi connectivity index (χ1) is 6.56. The number of aliphatic carboxylic acids is 1. The van der Waals surface area contributed by atoms with Gasteiger partial charge in [0.2, 0.25) is 5.91 Å². The molecule has 0 saturated heterocycles. The molecule has 1 atom stereocenters. The van der Waals surface area contributed by atoms with E-state index >= 15 is 0 Å². The number of carbonyl (C=O) groups is 2. The summed E-state index contributed by atoms with van der Waals surface area (Å²) in [6.45, 7) is 1.73. The predicted molar refractivity (Wildman–Crippen MR) is 49.3 cm³/mol. The molecule has 5 nitrogen and oxygen atoms in total. The molecule has 0 aromatic heterocycles. The fourth-order valence-electron chi connectivity index (χ4n) is 0.935. The lowest BCUT2D eigenvalue weighted by Gasteiger charge is -2.09. The lowest BCUT2D eigenvalue weighted by molar-refractivity contribution is -0.137. The third kappa shape index (κ3) is 7.10. The third-order valence-corrected chi connectivity index (χ3v) is 1.60. The molecule has 0 aromatic rings. The molecule has 0 rings (SSSR count). The summed E-state index contributed by atoms with van der Waals surface area (Å²) in [5, 5.41) is 19.2. The molecule has 2 N–H and O–H groups in total. The van der Waals surface area contributed by atoms with Gasteiger partial charge in [0.1, 0.15) is 0 Å². The van der Waals surface area contributed by atoms with Crippen LogP contribution in [0.1, 0.15) is 32.6 Å². The maximum Gasteiger partial charge on any atom is 0.303 e. The van der Waals surface area contributed by atoms with Gasteiger partial charge in [-0.3, -0.25) is 9.59 Å². The Labute approximate surface area is 82.7 Å². The normalized spacial score (nSPS) is 11.4. The summed E-state index contributed by atoms with van der Waals surface area (Å²) >= 11 is 0. The average Bonchev–Trinajstić information content (AvgIpc) is 2.03. The van der Waals surface area contributed by atoms with Crippen molar-refractivity contribution in [2.45, 2.75) is 38.6 Å². The van der Waals surface area contributed by atoms with Crippen molar-refractivity contribution in [3.63, 3.8) is 0 Å². The van der Waals surface area contributed by atoms with Gasteiger partial charge in [-0.05, 0) is 13.3 Å². The monoisotopic (exact) mass is 198 g/mol. The van der Waals surface area contributed by atoms with Gasteiger partial charge < -0.3 is 10.4 Å². The van der Waals surface area contributed by atoms with Crippen molar-refractivity contribution in [3.8, 4) is 6.07 Å². The molecule has 5 heteroatoms. The second kappa shape index (κ2) is 6.89. The van der Waals surface area contributed by atoms with Gasteiger partial charge in [0.15, 0.2) is 0 Å². The highest BCUT2D eigenvalue weighted by Gasteiger charge is 2.07. The van der Waals surface area contributed by atoms with Crippen LogP contribution >= 0.6 is 0 Å². The van der Waals surface area contributed by atoms with Crippen molar-refractivity contribution in [3.05, 3.63) is 0 Å². The van der Waals surface area contributed by atoms with Gasteiger partial charge in [0, 0.05) is 18.9 Å². The fraction of sp³-hybridized carbons (Fsp3) is 0.667. The molecular formula is C9H14N2O3. The number of nitrogens with zero attached hydrogens (tertiary/aromatic N) is 1. The molecule has 78 valence electrons. The minimum absolute atomic E-state index is 0.0000505. The Bertz CT molecular complexity index is 245. The molecule has 0 aliphatic heterocycles. The zero-order chi connectivity index (χ0) is 11.0. The van der Waals surface area contributed by atoms with Crippen LogP contribution in [-0.4, -0.2) is 23.0 Å². The van der Waals surface area contributed by atoms with Gasteiger partial charge in [-0.15, -0.1) is 0 Å². The molecule has 0 heterocycles. The van der Waals surface area contributed by atoms with E-state index in [4.69, 9.17) is 10.4 Å². The second-order valence-corrected chi connectivity index (χ2v) is 3.08. The second-order valence-electron chi connectivity index (χ2n) is 3.08. The Morgan fingerprint density at radius 1 is 1.50 bits per heavy atom. The number of rotatable bonds is 6. The minimum atomic E-state index is -0.900. The Morgan fingerprint density at radius 3 is 2.64 bits per heavy atom. The number of nitriles is 1. The van der Waals surface area contributed by atoms with Crippen molar-refractivity contribution >= 4 is 11.9 Å². The smallest absolute Gasteiger partial charge is 0.303 e. The highest BCUT2D eigenvalue weighted by Crippen LogP contribution is 1.96. The van der Waals surface area contributed by atoms with Gasteiger partial charge in [-0.2, -0.15) is 5.26 Å². The van der Waals surface area contributed by atoms with E-state index in [1.54, 1.807) is 6.92 Å². The molecule has 0 spiro atoms. The lowest BCUT2D eigenvalue weighted by atomic mass is 10.2. The van der Waals surface area contributed by atoms with Crippen LogP contribution in [0.5, 0.6) is 0 Å². The summed E-state index contributed by atoms with van der Waals surface area (Å²) in [5.74, 6) is -1.10. The molecular weight excluding hydrogens is 184 g/mol. The Kier molecular flexibility index (Phi) is 6.12. The molecule has 14 heavy (non-hydrogen) atoms. The zero-order valence-electron chi connectivity index (χ0n) is 8.12. The van der Waals surface area contributed by atoms with E-state index in [-0.39, 0.29) is 31.2 Å². The van der Waals surface area contributed by atoms with E-state index in [1.807, 2.05) is 6.07 Å². The van der Waals surface area contributed by atoms with Crippen molar-refractivity contribution < 1.29 is 14.7 Å². The first kappa shape index (κ1) is 12.4. The highest BCUT2D eigenvalue weighted by molar-refractivity contribution is 5.77. The first-order valence-corrected chi connectivity index (χ1v) is 4.44. The van der Waals surface area contributed by atoms with Crippen LogP contribution in [0.25, 0.3) is 0 Å².